The maximum absolute atomic E-state index is 9.94. The number of unbranched alkanes of at least 4 members (excludes halogenated alkanes) is 6. The van der Waals surface area contributed by atoms with Gasteiger partial charge in [0.05, 0.1) is 20.9 Å². The molecule has 0 aliphatic rings. The van der Waals surface area contributed by atoms with E-state index < -0.39 is 0 Å². The number of aryl methyl sites for hydroxylation is 2. The molecule has 0 radical (unpaired) electrons. The van der Waals surface area contributed by atoms with Crippen LogP contribution >= 0.6 is 45.3 Å². The number of hydrogen-bond acceptors (Lipinski definition) is 6. The fraction of sp³-hybridized carbons (Fsp3) is 0.400. The summed E-state index contributed by atoms with van der Waals surface area (Å²) in [7, 11) is 0. The van der Waals surface area contributed by atoms with Crippen molar-refractivity contribution in [1.29, 1.82) is 10.5 Å². The van der Waals surface area contributed by atoms with Gasteiger partial charge in [-0.2, -0.15) is 10.5 Å². The zero-order valence-corrected chi connectivity index (χ0v) is 24.3. The van der Waals surface area contributed by atoms with Gasteiger partial charge in [-0.1, -0.05) is 52.4 Å². The highest BCUT2D eigenvalue weighted by Gasteiger charge is 2.20. The topological polar surface area (TPSA) is 47.6 Å². The molecule has 0 atom stereocenters. The second kappa shape index (κ2) is 13.4. The summed E-state index contributed by atoms with van der Waals surface area (Å²) in [5, 5.41) is 24.2. The SMILES string of the molecule is CCCCCCc1csc(-c2sc(-c3sc(-c4sccc4CCCCCC)cc3C#N)cc2C#N)c1. The van der Waals surface area contributed by atoms with Crippen molar-refractivity contribution in [2.24, 2.45) is 0 Å². The lowest BCUT2D eigenvalue weighted by Gasteiger charge is -2.02. The van der Waals surface area contributed by atoms with E-state index in [0.29, 0.717) is 11.1 Å². The van der Waals surface area contributed by atoms with Crippen molar-refractivity contribution in [2.45, 2.75) is 78.1 Å². The summed E-state index contributed by atoms with van der Waals surface area (Å²) in [5.41, 5.74) is 4.18. The van der Waals surface area contributed by atoms with E-state index in [1.165, 1.54) is 72.2 Å². The molecule has 0 spiro atoms. The van der Waals surface area contributed by atoms with Crippen LogP contribution in [0.3, 0.4) is 0 Å². The summed E-state index contributed by atoms with van der Waals surface area (Å²) < 4.78 is 0. The van der Waals surface area contributed by atoms with Crippen molar-refractivity contribution in [3.05, 3.63) is 57.3 Å². The molecule has 2 nitrogen and oxygen atoms in total. The highest BCUT2D eigenvalue weighted by Crippen LogP contribution is 2.47. The van der Waals surface area contributed by atoms with Crippen LogP contribution in [0.1, 0.15) is 87.5 Å². The fourth-order valence-corrected chi connectivity index (χ4v) is 8.93. The van der Waals surface area contributed by atoms with E-state index in [2.05, 4.69) is 48.9 Å². The summed E-state index contributed by atoms with van der Waals surface area (Å²) in [6, 6.07) is 13.4. The average molecular weight is 549 g/mol. The molecule has 0 saturated carbocycles. The summed E-state index contributed by atoms with van der Waals surface area (Å²) in [6.45, 7) is 4.48. The van der Waals surface area contributed by atoms with Crippen LogP contribution in [0.25, 0.3) is 29.3 Å². The van der Waals surface area contributed by atoms with Crippen molar-refractivity contribution in [1.82, 2.24) is 0 Å². The molecular formula is C30H32N2S4. The van der Waals surface area contributed by atoms with Crippen molar-refractivity contribution in [3.8, 4) is 41.4 Å². The summed E-state index contributed by atoms with van der Waals surface area (Å²) in [5.74, 6) is 0. The van der Waals surface area contributed by atoms with Gasteiger partial charge in [-0.05, 0) is 71.8 Å². The largest absolute Gasteiger partial charge is 0.192 e. The first kappa shape index (κ1) is 26.8. The molecule has 0 fully saturated rings. The zero-order chi connectivity index (χ0) is 25.3. The number of nitriles is 2. The van der Waals surface area contributed by atoms with Gasteiger partial charge < -0.3 is 0 Å². The Morgan fingerprint density at radius 3 is 1.92 bits per heavy atom. The first-order chi connectivity index (χ1) is 17.7. The van der Waals surface area contributed by atoms with E-state index >= 15 is 0 Å². The average Bonchev–Trinajstić information content (AvgIpc) is 3.69. The number of hydrogen-bond donors (Lipinski definition) is 0. The molecule has 4 aromatic rings. The molecule has 0 N–H and O–H groups in total. The number of nitrogens with zero attached hydrogens (tertiary/aromatic N) is 2. The second-order valence-corrected chi connectivity index (χ2v) is 13.1. The third kappa shape index (κ3) is 6.36. The van der Waals surface area contributed by atoms with Gasteiger partial charge in [0.25, 0.3) is 0 Å². The minimum Gasteiger partial charge on any atom is -0.192 e. The van der Waals surface area contributed by atoms with E-state index in [0.717, 1.165) is 32.4 Å². The van der Waals surface area contributed by atoms with Crippen molar-refractivity contribution in [3.63, 3.8) is 0 Å². The Morgan fingerprint density at radius 1 is 0.667 bits per heavy atom. The van der Waals surface area contributed by atoms with Crippen LogP contribution in [-0.4, -0.2) is 0 Å². The maximum Gasteiger partial charge on any atom is 0.101 e. The van der Waals surface area contributed by atoms with Crippen LogP contribution < -0.4 is 0 Å². The molecule has 6 heteroatoms. The van der Waals surface area contributed by atoms with Gasteiger partial charge in [-0.25, -0.2) is 0 Å². The molecule has 0 amide bonds. The first-order valence-corrected chi connectivity index (χ1v) is 16.3. The molecule has 186 valence electrons. The number of thiophene rings is 4. The molecule has 4 rings (SSSR count). The predicted octanol–water partition coefficient (Wildman–Crippen LogP) is 10.9. The molecule has 0 unspecified atom stereocenters. The van der Waals surface area contributed by atoms with Crippen LogP contribution in [0, 0.1) is 22.7 Å². The number of rotatable bonds is 13. The summed E-state index contributed by atoms with van der Waals surface area (Å²) in [6.07, 6.45) is 12.2. The van der Waals surface area contributed by atoms with E-state index in [1.807, 2.05) is 12.1 Å². The molecular weight excluding hydrogens is 517 g/mol. The standard InChI is InChI=1S/C30H32N2S4/c1-3-5-7-9-11-21-15-25(34-20-21)29-23(18-31)17-27(36-29)30-24(19-32)16-26(35-30)28-22(13-14-33-28)12-10-8-6-4-2/h13-17,20H,3-12H2,1-2H3. The lowest BCUT2D eigenvalue weighted by Crippen LogP contribution is -1.85. The minimum absolute atomic E-state index is 0.709. The monoisotopic (exact) mass is 548 g/mol. The highest BCUT2D eigenvalue weighted by molar-refractivity contribution is 7.28. The van der Waals surface area contributed by atoms with Crippen LogP contribution in [0.15, 0.2) is 35.0 Å². The molecule has 4 aromatic heterocycles. The van der Waals surface area contributed by atoms with E-state index in [9.17, 15) is 10.5 Å². The molecule has 0 aliphatic heterocycles. The highest BCUT2D eigenvalue weighted by atomic mass is 32.1. The Hall–Kier alpha value is -2.22. The van der Waals surface area contributed by atoms with E-state index in [1.54, 1.807) is 45.3 Å². The Bertz CT molecular complexity index is 1350. The minimum atomic E-state index is 0.709. The summed E-state index contributed by atoms with van der Waals surface area (Å²) >= 11 is 6.84. The van der Waals surface area contributed by atoms with E-state index in [-0.39, 0.29) is 0 Å². The lowest BCUT2D eigenvalue weighted by molar-refractivity contribution is 0.667. The second-order valence-electron chi connectivity index (χ2n) is 9.15. The fourth-order valence-electron chi connectivity index (χ4n) is 4.41. The summed E-state index contributed by atoms with van der Waals surface area (Å²) in [4.78, 5) is 6.67. The van der Waals surface area contributed by atoms with Crippen LogP contribution in [0.4, 0.5) is 0 Å². The van der Waals surface area contributed by atoms with Crippen molar-refractivity contribution < 1.29 is 0 Å². The van der Waals surface area contributed by atoms with Crippen molar-refractivity contribution in [2.75, 3.05) is 0 Å². The zero-order valence-electron chi connectivity index (χ0n) is 21.1. The van der Waals surface area contributed by atoms with Gasteiger partial charge in [0, 0.05) is 19.5 Å². The molecule has 0 aliphatic carbocycles. The Labute approximate surface area is 231 Å². The van der Waals surface area contributed by atoms with Crippen LogP contribution in [-0.2, 0) is 12.8 Å². The normalized spacial score (nSPS) is 11.0. The Morgan fingerprint density at radius 2 is 1.28 bits per heavy atom. The maximum atomic E-state index is 9.94. The van der Waals surface area contributed by atoms with Crippen molar-refractivity contribution >= 4 is 45.3 Å². The Balaban J connectivity index is 1.58. The van der Waals surface area contributed by atoms with Gasteiger partial charge in [0.15, 0.2) is 0 Å². The smallest absolute Gasteiger partial charge is 0.101 e. The molecule has 0 bridgehead atoms. The van der Waals surface area contributed by atoms with Crippen LogP contribution in [0.2, 0.25) is 0 Å². The van der Waals surface area contributed by atoms with Gasteiger partial charge in [0.2, 0.25) is 0 Å². The van der Waals surface area contributed by atoms with Gasteiger partial charge >= 0.3 is 0 Å². The predicted molar refractivity (Wildman–Crippen MR) is 159 cm³/mol. The first-order valence-electron chi connectivity index (χ1n) is 12.9. The molecule has 4 heterocycles. The molecule has 0 aromatic carbocycles. The van der Waals surface area contributed by atoms with Gasteiger partial charge in [0.1, 0.15) is 12.1 Å². The molecule has 36 heavy (non-hydrogen) atoms. The lowest BCUT2D eigenvalue weighted by atomic mass is 10.1. The Kier molecular flexibility index (Phi) is 9.96. The quantitative estimate of drug-likeness (QED) is 0.156. The van der Waals surface area contributed by atoms with E-state index in [4.69, 9.17) is 0 Å². The third-order valence-corrected chi connectivity index (χ3v) is 11.1. The van der Waals surface area contributed by atoms with Gasteiger partial charge in [-0.3, -0.25) is 0 Å². The van der Waals surface area contributed by atoms with Gasteiger partial charge in [-0.15, -0.1) is 45.3 Å². The van der Waals surface area contributed by atoms with Crippen LogP contribution in [0.5, 0.6) is 0 Å². The third-order valence-electron chi connectivity index (χ3n) is 6.40. The molecule has 0 saturated heterocycles.